The van der Waals surface area contributed by atoms with E-state index in [4.69, 9.17) is 34.3 Å². The molecular formula is C126H94B2Br5N5O8. The van der Waals surface area contributed by atoms with Crippen LogP contribution < -0.4 is 16.7 Å². The van der Waals surface area contributed by atoms with Crippen LogP contribution in [0.25, 0.3) is 196 Å². The van der Waals surface area contributed by atoms with Gasteiger partial charge in [-0.2, -0.15) is 0 Å². The standard InChI is InChI=1S/C33H28BNO2.C27H16BrN.C20H21BO2.C20H12BrNO2.C20H14BrN.C6H3Br2NO2/c1-32(2)33(3,4)37-34(36-32)22-18-19-27-28(20-22)35-31(21-12-6-5-7-13-21)30-26-17-11-9-15-24(26)23-14-8-10-16-25(23)29(27)30;28-18-14-15-23-24(16-18)29-27(17-8-2-1-3-9-17)26-22-13-7-5-11-20(22)19-10-4-6-12-21(19)25(23)26;1-19(2)20(3,4)23-21(22-19)18-13-14-9-5-6-10-15(14)16-11-7-8-12-17(16)18;21-14-9-10-18(20(12-14)22(23)24)19-11-13-5-1-2-6-15(13)16-7-3-4-8-17(16)19;21-14-9-10-18(20(22)12-14)19-11-13-5-1-2-6-15(13)16-7-3-4-8-17(16)19;7-4-1-2-5(8)6(3-4)9(10)11/h5-20H,1-4H3;1-16H;5-13H,1-4H3;1-12H;1-12H,22H2;1-3H. The second kappa shape index (κ2) is 40.3. The molecule has 0 spiro atoms. The van der Waals surface area contributed by atoms with E-state index in [-0.39, 0.29) is 34.6 Å². The molecular weight excluding hydrogens is 2130 g/mol. The van der Waals surface area contributed by atoms with E-state index in [9.17, 15) is 20.2 Å². The van der Waals surface area contributed by atoms with Crippen LogP contribution in [0.15, 0.2) is 435 Å². The van der Waals surface area contributed by atoms with Crippen molar-refractivity contribution in [1.29, 1.82) is 0 Å². The highest BCUT2D eigenvalue weighted by Gasteiger charge is 2.53. The Bertz CT molecular complexity index is 9340. The molecule has 2 N–H and O–H groups in total. The summed E-state index contributed by atoms with van der Waals surface area (Å²) >= 11 is 16.6. The van der Waals surface area contributed by atoms with Crippen molar-refractivity contribution in [1.82, 2.24) is 9.97 Å². The van der Waals surface area contributed by atoms with Crippen molar-refractivity contribution in [3.05, 3.63) is 455 Å². The summed E-state index contributed by atoms with van der Waals surface area (Å²) < 4.78 is 29.3. The number of nitrogen functional groups attached to an aromatic ring is 1. The third-order valence-corrected chi connectivity index (χ3v) is 31.3. The number of fused-ring (bicyclic) bond motifs is 25. The average Bonchev–Trinajstić information content (AvgIpc) is 0.759. The number of nitrogens with two attached hydrogens (primary N) is 1. The number of aromatic nitrogens is 2. The molecule has 0 atom stereocenters. The van der Waals surface area contributed by atoms with E-state index in [0.717, 1.165) is 97.2 Å². The predicted octanol–water partition coefficient (Wildman–Crippen LogP) is 35.5. The average molecular weight is 2230 g/mol. The van der Waals surface area contributed by atoms with Gasteiger partial charge in [0, 0.05) is 84.7 Å². The van der Waals surface area contributed by atoms with Gasteiger partial charge in [-0.3, -0.25) is 20.2 Å². The molecule has 2 fully saturated rings. The van der Waals surface area contributed by atoms with Gasteiger partial charge >= 0.3 is 14.2 Å². The van der Waals surface area contributed by atoms with Crippen molar-refractivity contribution < 1.29 is 28.5 Å². The molecule has 0 bridgehead atoms. The molecule has 0 unspecified atom stereocenters. The summed E-state index contributed by atoms with van der Waals surface area (Å²) in [7, 11) is -0.769. The van der Waals surface area contributed by atoms with Crippen molar-refractivity contribution in [2.75, 3.05) is 5.73 Å². The van der Waals surface area contributed by atoms with Gasteiger partial charge in [-0.05, 0) is 268 Å². The summed E-state index contributed by atoms with van der Waals surface area (Å²) in [5.74, 6) is 0. The summed E-state index contributed by atoms with van der Waals surface area (Å²) in [6.07, 6.45) is 0. The first-order valence-corrected chi connectivity index (χ1v) is 52.1. The molecule has 20 heteroatoms. The number of nitro benzene ring substituents is 2. The zero-order valence-electron chi connectivity index (χ0n) is 80.9. The number of pyridine rings is 2. The normalized spacial score (nSPS) is 13.9. The van der Waals surface area contributed by atoms with Crippen LogP contribution >= 0.6 is 79.6 Å². The molecule has 22 aromatic carbocycles. The van der Waals surface area contributed by atoms with Gasteiger partial charge in [-0.15, -0.1) is 0 Å². The Balaban J connectivity index is 0.000000106. The van der Waals surface area contributed by atoms with Gasteiger partial charge in [0.25, 0.3) is 11.4 Å². The second-order valence-electron chi connectivity index (χ2n) is 38.6. The summed E-state index contributed by atoms with van der Waals surface area (Å²) in [5, 5.41) is 53.4. The first-order chi connectivity index (χ1) is 70.5. The van der Waals surface area contributed by atoms with Crippen molar-refractivity contribution >= 4 is 273 Å². The van der Waals surface area contributed by atoms with Gasteiger partial charge in [0.1, 0.15) is 0 Å². The lowest BCUT2D eigenvalue weighted by Crippen LogP contribution is -2.41. The fourth-order valence-electron chi connectivity index (χ4n) is 20.2. The molecule has 2 aromatic heterocycles. The van der Waals surface area contributed by atoms with Gasteiger partial charge in [0.15, 0.2) is 0 Å². The molecule has 0 amide bonds. The Hall–Kier alpha value is -14.3. The number of hydrogen-bond acceptors (Lipinski definition) is 11. The number of anilines is 1. The van der Waals surface area contributed by atoms with E-state index in [1.807, 2.05) is 60.7 Å². The molecule has 0 saturated carbocycles. The number of benzene rings is 22. The van der Waals surface area contributed by atoms with Crippen molar-refractivity contribution in [3.8, 4) is 44.8 Å². The van der Waals surface area contributed by atoms with Crippen LogP contribution in [0.1, 0.15) is 55.4 Å². The van der Waals surface area contributed by atoms with E-state index in [0.29, 0.717) is 19.0 Å². The molecule has 0 radical (unpaired) electrons. The fourth-order valence-corrected chi connectivity index (χ4v) is 22.0. The lowest BCUT2D eigenvalue weighted by molar-refractivity contribution is -0.385. The minimum atomic E-state index is -0.436. The van der Waals surface area contributed by atoms with Crippen molar-refractivity contribution in [3.63, 3.8) is 0 Å². The molecule has 24 aromatic rings. The second-order valence-corrected chi connectivity index (χ2v) is 43.1. The van der Waals surface area contributed by atoms with Crippen LogP contribution in [0.5, 0.6) is 0 Å². The molecule has 13 nitrogen and oxygen atoms in total. The highest BCUT2D eigenvalue weighted by molar-refractivity contribution is 9.11. The quantitative estimate of drug-likeness (QED) is 0.0504. The molecule has 712 valence electrons. The predicted molar refractivity (Wildman–Crippen MR) is 629 cm³/mol. The summed E-state index contributed by atoms with van der Waals surface area (Å²) in [6.45, 7) is 16.7. The minimum Gasteiger partial charge on any atom is -0.399 e. The maximum absolute atomic E-state index is 11.5. The number of nitrogens with zero attached hydrogens (tertiary/aromatic N) is 4. The third kappa shape index (κ3) is 18.7. The van der Waals surface area contributed by atoms with Gasteiger partial charge in [0.05, 0.1) is 64.7 Å². The maximum Gasteiger partial charge on any atom is 0.495 e. The SMILES string of the molecule is Brc1ccc2c(c1)nc(-c1ccccc1)c1c3ccccc3c3ccccc3c21.CC1(C)OB(c2cc3ccccc3c3ccccc23)OC1(C)C.CC1(C)OB(c2ccc3c(c2)nc(-c2ccccc2)c2c4ccccc4c4ccccc4c32)OC1(C)C.Nc1cc(Br)ccc1-c1cc2ccccc2c2ccccc12.O=[N+]([O-])c1cc(Br)ccc1-c1cc2ccccc2c2ccccc12.O=[N+]([O-])c1cc(Br)ccc1Br. The lowest BCUT2D eigenvalue weighted by atomic mass is 9.75. The molecule has 26 rings (SSSR count). The Morgan fingerprint density at radius 1 is 0.260 bits per heavy atom. The summed E-state index contributed by atoms with van der Waals surface area (Å²) in [5.41, 5.74) is 17.9. The molecule has 2 aliphatic rings. The van der Waals surface area contributed by atoms with E-state index in [2.05, 4.69) is 457 Å². The van der Waals surface area contributed by atoms with Gasteiger partial charge in [0.2, 0.25) is 0 Å². The van der Waals surface area contributed by atoms with E-state index < -0.39 is 23.2 Å². The zero-order valence-corrected chi connectivity index (χ0v) is 88.9. The fraction of sp³-hybridized carbons (Fsp3) is 0.0952. The molecule has 146 heavy (non-hydrogen) atoms. The Kier molecular flexibility index (Phi) is 27.0. The largest absolute Gasteiger partial charge is 0.495 e. The van der Waals surface area contributed by atoms with Crippen LogP contribution in [-0.4, -0.2) is 56.5 Å². The van der Waals surface area contributed by atoms with E-state index in [1.165, 1.54) is 125 Å². The van der Waals surface area contributed by atoms with Crippen LogP contribution in [0.2, 0.25) is 0 Å². The summed E-state index contributed by atoms with van der Waals surface area (Å²) in [4.78, 5) is 31.6. The van der Waals surface area contributed by atoms with E-state index in [1.54, 1.807) is 24.3 Å². The third-order valence-electron chi connectivity index (χ3n) is 28.6. The maximum atomic E-state index is 11.5. The van der Waals surface area contributed by atoms with Crippen LogP contribution in [0.3, 0.4) is 0 Å². The Morgan fingerprint density at radius 2 is 0.562 bits per heavy atom. The monoisotopic (exact) mass is 2220 g/mol. The number of hydrogen-bond donors (Lipinski definition) is 1. The van der Waals surface area contributed by atoms with Gasteiger partial charge < -0.3 is 24.4 Å². The highest BCUT2D eigenvalue weighted by Crippen LogP contribution is 2.49. The number of rotatable bonds is 8. The van der Waals surface area contributed by atoms with E-state index >= 15 is 0 Å². The lowest BCUT2D eigenvalue weighted by Gasteiger charge is -2.32. The smallest absolute Gasteiger partial charge is 0.399 e. The zero-order chi connectivity index (χ0) is 101. The minimum absolute atomic E-state index is 0.0689. The first-order valence-electron chi connectivity index (χ1n) is 48.2. The number of nitro groups is 2. The van der Waals surface area contributed by atoms with Crippen LogP contribution in [0, 0.1) is 20.2 Å². The Labute approximate surface area is 887 Å². The first kappa shape index (κ1) is 97.8. The van der Waals surface area contributed by atoms with Gasteiger partial charge in [-0.25, -0.2) is 9.97 Å². The molecule has 0 aliphatic carbocycles. The Morgan fingerprint density at radius 3 is 0.979 bits per heavy atom. The summed E-state index contributed by atoms with van der Waals surface area (Å²) in [6, 6.07) is 141. The molecule has 2 saturated heterocycles. The molecule has 4 heterocycles. The van der Waals surface area contributed by atoms with Gasteiger partial charge in [-0.1, -0.05) is 397 Å². The van der Waals surface area contributed by atoms with Crippen molar-refractivity contribution in [2.24, 2.45) is 0 Å². The number of halogens is 5. The highest BCUT2D eigenvalue weighted by atomic mass is 79.9. The topological polar surface area (TPSA) is 175 Å². The molecule has 2 aliphatic heterocycles. The van der Waals surface area contributed by atoms with Crippen LogP contribution in [-0.2, 0) is 18.6 Å². The van der Waals surface area contributed by atoms with Crippen LogP contribution in [0.4, 0.5) is 17.1 Å². The van der Waals surface area contributed by atoms with Crippen molar-refractivity contribution in [2.45, 2.75) is 77.8 Å².